The molecule has 3 rings (SSSR count). The van der Waals surface area contributed by atoms with Gasteiger partial charge in [0.05, 0.1) is 12.5 Å². The van der Waals surface area contributed by atoms with Gasteiger partial charge >= 0.3 is 0 Å². The molecule has 1 N–H and O–H groups in total. The molecule has 0 spiro atoms. The second-order valence-corrected chi connectivity index (χ2v) is 6.69. The van der Waals surface area contributed by atoms with Gasteiger partial charge in [0, 0.05) is 29.4 Å². The Bertz CT molecular complexity index is 820. The lowest BCUT2D eigenvalue weighted by atomic mass is 10.1. The molecular formula is C20H21ClN2O3. The summed E-state index contributed by atoms with van der Waals surface area (Å²) in [7, 11) is 0. The quantitative estimate of drug-likeness (QED) is 0.861. The van der Waals surface area contributed by atoms with Crippen molar-refractivity contribution in [3.05, 3.63) is 53.1 Å². The van der Waals surface area contributed by atoms with Crippen molar-refractivity contribution in [2.24, 2.45) is 5.92 Å². The van der Waals surface area contributed by atoms with Gasteiger partial charge in [-0.3, -0.25) is 9.59 Å². The van der Waals surface area contributed by atoms with Crippen molar-refractivity contribution in [2.75, 3.05) is 23.4 Å². The maximum Gasteiger partial charge on any atom is 0.229 e. The van der Waals surface area contributed by atoms with E-state index in [0.29, 0.717) is 23.9 Å². The minimum atomic E-state index is -0.394. The lowest BCUT2D eigenvalue weighted by molar-refractivity contribution is -0.122. The van der Waals surface area contributed by atoms with Crippen LogP contribution >= 0.6 is 11.6 Å². The van der Waals surface area contributed by atoms with Crippen molar-refractivity contribution in [2.45, 2.75) is 20.3 Å². The maximum absolute atomic E-state index is 12.5. The van der Waals surface area contributed by atoms with Crippen LogP contribution in [-0.2, 0) is 9.59 Å². The lowest BCUT2D eigenvalue weighted by Crippen LogP contribution is -2.28. The van der Waals surface area contributed by atoms with Gasteiger partial charge in [-0.05, 0) is 55.8 Å². The van der Waals surface area contributed by atoms with Crippen LogP contribution in [0.5, 0.6) is 5.75 Å². The third kappa shape index (κ3) is 3.99. The third-order valence-electron chi connectivity index (χ3n) is 4.40. The smallest absolute Gasteiger partial charge is 0.229 e. The highest BCUT2D eigenvalue weighted by Gasteiger charge is 2.35. The SMILES string of the molecule is CCOc1ccc(NC(=O)C2CC(=O)N(c3ccc(C)c(Cl)c3)C2)cc1. The highest BCUT2D eigenvalue weighted by Crippen LogP contribution is 2.29. The Labute approximate surface area is 157 Å². The molecule has 136 valence electrons. The number of hydrogen-bond donors (Lipinski definition) is 1. The number of ether oxygens (including phenoxy) is 1. The fourth-order valence-electron chi connectivity index (χ4n) is 2.93. The third-order valence-corrected chi connectivity index (χ3v) is 4.80. The predicted octanol–water partition coefficient (Wildman–Crippen LogP) is 4.04. The summed E-state index contributed by atoms with van der Waals surface area (Å²) in [5.74, 6) is 0.123. The van der Waals surface area contributed by atoms with E-state index in [1.54, 1.807) is 35.2 Å². The number of nitrogens with zero attached hydrogens (tertiary/aromatic N) is 1. The zero-order valence-electron chi connectivity index (χ0n) is 14.8. The number of carbonyl (C=O) groups is 2. The molecule has 1 saturated heterocycles. The summed E-state index contributed by atoms with van der Waals surface area (Å²) in [6, 6.07) is 12.7. The van der Waals surface area contributed by atoms with E-state index in [2.05, 4.69) is 5.32 Å². The molecule has 1 atom stereocenters. The highest BCUT2D eigenvalue weighted by molar-refractivity contribution is 6.31. The fourth-order valence-corrected chi connectivity index (χ4v) is 3.10. The molecule has 1 fully saturated rings. The van der Waals surface area contributed by atoms with Gasteiger partial charge in [0.25, 0.3) is 0 Å². The van der Waals surface area contributed by atoms with Gasteiger partial charge < -0.3 is 15.0 Å². The van der Waals surface area contributed by atoms with Crippen LogP contribution < -0.4 is 15.0 Å². The summed E-state index contributed by atoms with van der Waals surface area (Å²) < 4.78 is 5.39. The summed E-state index contributed by atoms with van der Waals surface area (Å²) >= 11 is 6.15. The van der Waals surface area contributed by atoms with Crippen molar-refractivity contribution < 1.29 is 14.3 Å². The molecule has 0 bridgehead atoms. The van der Waals surface area contributed by atoms with Crippen LogP contribution in [0.25, 0.3) is 0 Å². The molecule has 5 nitrogen and oxygen atoms in total. The first kappa shape index (κ1) is 18.3. The second kappa shape index (κ2) is 7.79. The Morgan fingerprint density at radius 3 is 2.65 bits per heavy atom. The molecule has 0 saturated carbocycles. The number of amides is 2. The summed E-state index contributed by atoms with van der Waals surface area (Å²) in [6.07, 6.45) is 0.189. The molecule has 26 heavy (non-hydrogen) atoms. The number of hydrogen-bond acceptors (Lipinski definition) is 3. The van der Waals surface area contributed by atoms with Gasteiger partial charge in [-0.1, -0.05) is 17.7 Å². The molecule has 0 aliphatic carbocycles. The summed E-state index contributed by atoms with van der Waals surface area (Å²) in [5, 5.41) is 3.48. The molecule has 2 aromatic rings. The first-order valence-electron chi connectivity index (χ1n) is 8.58. The Morgan fingerprint density at radius 1 is 1.27 bits per heavy atom. The van der Waals surface area contributed by atoms with E-state index in [1.165, 1.54) is 0 Å². The molecule has 1 unspecified atom stereocenters. The average Bonchev–Trinajstić information content (AvgIpc) is 3.01. The van der Waals surface area contributed by atoms with E-state index >= 15 is 0 Å². The van der Waals surface area contributed by atoms with E-state index in [4.69, 9.17) is 16.3 Å². The van der Waals surface area contributed by atoms with Gasteiger partial charge in [0.2, 0.25) is 11.8 Å². The maximum atomic E-state index is 12.5. The number of anilines is 2. The molecule has 1 aliphatic rings. The van der Waals surface area contributed by atoms with Crippen LogP contribution in [0.2, 0.25) is 5.02 Å². The van der Waals surface area contributed by atoms with Gasteiger partial charge in [-0.15, -0.1) is 0 Å². The van der Waals surface area contributed by atoms with E-state index < -0.39 is 5.92 Å². The summed E-state index contributed by atoms with van der Waals surface area (Å²) in [5.41, 5.74) is 2.36. The van der Waals surface area contributed by atoms with Crippen molar-refractivity contribution >= 4 is 34.8 Å². The van der Waals surface area contributed by atoms with Crippen molar-refractivity contribution in [1.82, 2.24) is 0 Å². The molecule has 0 aromatic heterocycles. The minimum absolute atomic E-state index is 0.0724. The molecule has 2 amide bonds. The predicted molar refractivity (Wildman–Crippen MR) is 103 cm³/mol. The standard InChI is InChI=1S/C20H21ClN2O3/c1-3-26-17-8-5-15(6-9-17)22-20(25)14-10-19(24)23(12-14)16-7-4-13(2)18(21)11-16/h4-9,11,14H,3,10,12H2,1-2H3,(H,22,25). The Balaban J connectivity index is 1.65. The van der Waals surface area contributed by atoms with Gasteiger partial charge in [0.1, 0.15) is 5.75 Å². The van der Waals surface area contributed by atoms with Crippen LogP contribution in [0, 0.1) is 12.8 Å². The molecular weight excluding hydrogens is 352 g/mol. The first-order valence-corrected chi connectivity index (χ1v) is 8.96. The Morgan fingerprint density at radius 2 is 2.00 bits per heavy atom. The first-order chi connectivity index (χ1) is 12.5. The molecule has 0 radical (unpaired) electrons. The van der Waals surface area contributed by atoms with Crippen LogP contribution in [0.4, 0.5) is 11.4 Å². The number of benzene rings is 2. The number of rotatable bonds is 5. The van der Waals surface area contributed by atoms with Crippen LogP contribution in [-0.4, -0.2) is 25.0 Å². The molecule has 6 heteroatoms. The van der Waals surface area contributed by atoms with Gasteiger partial charge in [0.15, 0.2) is 0 Å². The van der Waals surface area contributed by atoms with Gasteiger partial charge in [-0.2, -0.15) is 0 Å². The van der Waals surface area contributed by atoms with Crippen LogP contribution in [0.3, 0.4) is 0 Å². The van der Waals surface area contributed by atoms with E-state index in [-0.39, 0.29) is 18.2 Å². The lowest BCUT2D eigenvalue weighted by Gasteiger charge is -2.17. The van der Waals surface area contributed by atoms with Crippen molar-refractivity contribution in [3.8, 4) is 5.75 Å². The van der Waals surface area contributed by atoms with E-state index in [9.17, 15) is 9.59 Å². The molecule has 2 aromatic carbocycles. The topological polar surface area (TPSA) is 58.6 Å². The van der Waals surface area contributed by atoms with Crippen molar-refractivity contribution in [1.29, 1.82) is 0 Å². The highest BCUT2D eigenvalue weighted by atomic mass is 35.5. The largest absolute Gasteiger partial charge is 0.494 e. The van der Waals surface area contributed by atoms with Crippen molar-refractivity contribution in [3.63, 3.8) is 0 Å². The minimum Gasteiger partial charge on any atom is -0.494 e. The molecule has 1 heterocycles. The number of halogens is 1. The average molecular weight is 373 g/mol. The second-order valence-electron chi connectivity index (χ2n) is 6.29. The number of carbonyl (C=O) groups excluding carboxylic acids is 2. The Kier molecular flexibility index (Phi) is 5.47. The summed E-state index contributed by atoms with van der Waals surface area (Å²) in [6.45, 7) is 4.76. The monoisotopic (exact) mass is 372 g/mol. The van der Waals surface area contributed by atoms with Gasteiger partial charge in [-0.25, -0.2) is 0 Å². The Hall–Kier alpha value is -2.53. The number of aryl methyl sites for hydroxylation is 1. The van der Waals surface area contributed by atoms with E-state index in [1.807, 2.05) is 26.0 Å². The van der Waals surface area contributed by atoms with Crippen LogP contribution in [0.1, 0.15) is 18.9 Å². The molecule has 1 aliphatic heterocycles. The zero-order chi connectivity index (χ0) is 18.7. The zero-order valence-corrected chi connectivity index (χ0v) is 15.5. The fraction of sp³-hybridized carbons (Fsp3) is 0.300. The normalized spacial score (nSPS) is 16.7. The van der Waals surface area contributed by atoms with E-state index in [0.717, 1.165) is 17.0 Å². The number of nitrogens with one attached hydrogen (secondary N) is 1. The van der Waals surface area contributed by atoms with Crippen LogP contribution in [0.15, 0.2) is 42.5 Å². The summed E-state index contributed by atoms with van der Waals surface area (Å²) in [4.78, 5) is 26.5.